The first-order valence-electron chi connectivity index (χ1n) is 7.69. The Hall–Kier alpha value is -1.94. The van der Waals surface area contributed by atoms with Crippen molar-refractivity contribution < 1.29 is 5.11 Å². The van der Waals surface area contributed by atoms with Crippen molar-refractivity contribution in [2.45, 2.75) is 25.5 Å². The van der Waals surface area contributed by atoms with Crippen molar-refractivity contribution >= 4 is 22.5 Å². The zero-order valence-corrected chi connectivity index (χ0v) is 13.7. The minimum Gasteiger partial charge on any atom is -0.387 e. The third kappa shape index (κ3) is 3.22. The second kappa shape index (κ2) is 6.67. The van der Waals surface area contributed by atoms with Crippen LogP contribution in [-0.2, 0) is 0 Å². The highest BCUT2D eigenvalue weighted by molar-refractivity contribution is 6.31. The lowest BCUT2D eigenvalue weighted by Crippen LogP contribution is -2.27. The maximum atomic E-state index is 10.7. The highest BCUT2D eigenvalue weighted by atomic mass is 35.5. The van der Waals surface area contributed by atoms with Crippen LogP contribution in [0.2, 0.25) is 5.02 Å². The summed E-state index contributed by atoms with van der Waals surface area (Å²) < 4.78 is 0. The van der Waals surface area contributed by atoms with Crippen LogP contribution >= 0.6 is 11.6 Å². The Labute approximate surface area is 140 Å². The Balaban J connectivity index is 2.24. The zero-order valence-electron chi connectivity index (χ0n) is 12.9. The minimum absolute atomic E-state index is 0.330. The lowest BCUT2D eigenvalue weighted by atomic mass is 9.95. The topological polar surface area (TPSA) is 59.1 Å². The quantitative estimate of drug-likeness (QED) is 0.750. The molecule has 0 spiro atoms. The summed E-state index contributed by atoms with van der Waals surface area (Å²) >= 11 is 6.12. The van der Waals surface area contributed by atoms with Crippen LogP contribution in [-0.4, -0.2) is 16.1 Å². The van der Waals surface area contributed by atoms with Gasteiger partial charge < -0.3 is 10.8 Å². The van der Waals surface area contributed by atoms with Gasteiger partial charge in [-0.1, -0.05) is 48.9 Å². The van der Waals surface area contributed by atoms with E-state index in [9.17, 15) is 5.11 Å². The second-order valence-electron chi connectivity index (χ2n) is 5.64. The Morgan fingerprint density at radius 2 is 1.87 bits per heavy atom. The van der Waals surface area contributed by atoms with Gasteiger partial charge in [0.2, 0.25) is 0 Å². The molecular weight excluding hydrogens is 308 g/mol. The molecule has 118 valence electrons. The van der Waals surface area contributed by atoms with Gasteiger partial charge in [-0.15, -0.1) is 0 Å². The van der Waals surface area contributed by atoms with Gasteiger partial charge in [0.15, 0.2) is 0 Å². The van der Waals surface area contributed by atoms with E-state index >= 15 is 0 Å². The molecule has 0 saturated heterocycles. The fourth-order valence-electron chi connectivity index (χ4n) is 2.68. The molecule has 0 amide bonds. The lowest BCUT2D eigenvalue weighted by Gasteiger charge is -2.20. The van der Waals surface area contributed by atoms with Gasteiger partial charge >= 0.3 is 0 Å². The SMILES string of the molecule is CCC(N)C(O)c1cc(-c2ccccc2)nc2ccc(Cl)cc12. The molecule has 2 aromatic carbocycles. The summed E-state index contributed by atoms with van der Waals surface area (Å²) in [6.45, 7) is 1.96. The van der Waals surface area contributed by atoms with Crippen LogP contribution < -0.4 is 5.73 Å². The first-order chi connectivity index (χ1) is 11.1. The summed E-state index contributed by atoms with van der Waals surface area (Å²) in [6.07, 6.45) is -0.0712. The molecule has 2 unspecified atom stereocenters. The zero-order chi connectivity index (χ0) is 16.4. The average Bonchev–Trinajstić information content (AvgIpc) is 2.60. The molecule has 0 bridgehead atoms. The van der Waals surface area contributed by atoms with E-state index in [4.69, 9.17) is 22.3 Å². The van der Waals surface area contributed by atoms with Gasteiger partial charge in [0.1, 0.15) is 0 Å². The molecule has 23 heavy (non-hydrogen) atoms. The third-order valence-corrected chi connectivity index (χ3v) is 4.30. The smallest absolute Gasteiger partial charge is 0.0948 e. The molecule has 1 aromatic heterocycles. The van der Waals surface area contributed by atoms with E-state index < -0.39 is 6.10 Å². The number of fused-ring (bicyclic) bond motifs is 1. The van der Waals surface area contributed by atoms with Crippen molar-refractivity contribution in [3.63, 3.8) is 0 Å². The van der Waals surface area contributed by atoms with E-state index in [0.717, 1.165) is 27.7 Å². The molecule has 0 saturated carbocycles. The molecule has 0 radical (unpaired) electrons. The number of hydrogen-bond donors (Lipinski definition) is 2. The first-order valence-corrected chi connectivity index (χ1v) is 8.07. The van der Waals surface area contributed by atoms with Gasteiger partial charge in [0.05, 0.1) is 17.3 Å². The van der Waals surface area contributed by atoms with Crippen molar-refractivity contribution in [2.24, 2.45) is 5.73 Å². The van der Waals surface area contributed by atoms with Crippen LogP contribution in [0.4, 0.5) is 0 Å². The summed E-state index contributed by atoms with van der Waals surface area (Å²) in [5, 5.41) is 12.1. The molecule has 0 aliphatic rings. The summed E-state index contributed by atoms with van der Waals surface area (Å²) in [4.78, 5) is 4.70. The number of halogens is 1. The molecule has 3 aromatic rings. The van der Waals surface area contributed by atoms with Gasteiger partial charge in [-0.3, -0.25) is 0 Å². The standard InChI is InChI=1S/C19H19ClN2O/c1-2-16(21)19(23)15-11-18(12-6-4-3-5-7-12)22-17-9-8-13(20)10-14(15)17/h3-11,16,19,23H,2,21H2,1H3. The summed E-state index contributed by atoms with van der Waals surface area (Å²) in [5.74, 6) is 0. The number of hydrogen-bond acceptors (Lipinski definition) is 3. The fraction of sp³-hybridized carbons (Fsp3) is 0.211. The number of benzene rings is 2. The molecule has 3 N–H and O–H groups in total. The molecular formula is C19H19ClN2O. The number of aliphatic hydroxyl groups is 1. The van der Waals surface area contributed by atoms with Crippen molar-refractivity contribution in [2.75, 3.05) is 0 Å². The number of nitrogens with two attached hydrogens (primary N) is 1. The molecule has 0 fully saturated rings. The fourth-order valence-corrected chi connectivity index (χ4v) is 2.85. The normalized spacial score (nSPS) is 13.9. The Kier molecular flexibility index (Phi) is 4.62. The maximum absolute atomic E-state index is 10.7. The molecule has 0 aliphatic heterocycles. The highest BCUT2D eigenvalue weighted by Gasteiger charge is 2.19. The van der Waals surface area contributed by atoms with E-state index in [1.54, 1.807) is 0 Å². The largest absolute Gasteiger partial charge is 0.387 e. The van der Waals surface area contributed by atoms with E-state index in [1.165, 1.54) is 0 Å². The number of nitrogens with zero attached hydrogens (tertiary/aromatic N) is 1. The van der Waals surface area contributed by atoms with Gasteiger partial charge in [-0.25, -0.2) is 4.98 Å². The predicted octanol–water partition coefficient (Wildman–Crippen LogP) is 4.33. The van der Waals surface area contributed by atoms with Gasteiger partial charge in [0, 0.05) is 22.0 Å². The van der Waals surface area contributed by atoms with Gasteiger partial charge in [0.25, 0.3) is 0 Å². The van der Waals surface area contributed by atoms with Crippen LogP contribution in [0.5, 0.6) is 0 Å². The summed E-state index contributed by atoms with van der Waals surface area (Å²) in [7, 11) is 0. The monoisotopic (exact) mass is 326 g/mol. The van der Waals surface area contributed by atoms with Crippen molar-refractivity contribution in [1.29, 1.82) is 0 Å². The number of rotatable bonds is 4. The van der Waals surface area contributed by atoms with E-state index in [0.29, 0.717) is 11.4 Å². The lowest BCUT2D eigenvalue weighted by molar-refractivity contribution is 0.146. The Morgan fingerprint density at radius 1 is 1.13 bits per heavy atom. The number of aromatic nitrogens is 1. The Morgan fingerprint density at radius 3 is 2.57 bits per heavy atom. The molecule has 3 rings (SSSR count). The van der Waals surface area contributed by atoms with Gasteiger partial charge in [-0.2, -0.15) is 0 Å². The molecule has 2 atom stereocenters. The minimum atomic E-state index is -0.758. The predicted molar refractivity (Wildman–Crippen MR) is 95.4 cm³/mol. The average molecular weight is 327 g/mol. The van der Waals surface area contributed by atoms with E-state index in [-0.39, 0.29) is 6.04 Å². The summed E-state index contributed by atoms with van der Waals surface area (Å²) in [5.41, 5.74) is 9.45. The van der Waals surface area contributed by atoms with Crippen LogP contribution in [0.25, 0.3) is 22.2 Å². The van der Waals surface area contributed by atoms with Crippen LogP contribution in [0.1, 0.15) is 25.0 Å². The van der Waals surface area contributed by atoms with Crippen molar-refractivity contribution in [3.8, 4) is 11.3 Å². The van der Waals surface area contributed by atoms with Crippen LogP contribution in [0.3, 0.4) is 0 Å². The van der Waals surface area contributed by atoms with Crippen molar-refractivity contribution in [3.05, 3.63) is 65.2 Å². The van der Waals surface area contributed by atoms with E-state index in [2.05, 4.69) is 0 Å². The molecule has 3 nitrogen and oxygen atoms in total. The van der Waals surface area contributed by atoms with E-state index in [1.807, 2.05) is 61.5 Å². The molecule has 0 aliphatic carbocycles. The number of pyridine rings is 1. The highest BCUT2D eigenvalue weighted by Crippen LogP contribution is 2.31. The first kappa shape index (κ1) is 15.9. The third-order valence-electron chi connectivity index (χ3n) is 4.07. The second-order valence-corrected chi connectivity index (χ2v) is 6.08. The summed E-state index contributed by atoms with van der Waals surface area (Å²) in [6, 6.07) is 17.0. The molecule has 1 heterocycles. The van der Waals surface area contributed by atoms with Crippen molar-refractivity contribution in [1.82, 2.24) is 4.98 Å². The van der Waals surface area contributed by atoms with Crippen LogP contribution in [0.15, 0.2) is 54.6 Å². The Bertz CT molecular complexity index is 820. The van der Waals surface area contributed by atoms with Gasteiger partial charge in [-0.05, 0) is 36.2 Å². The molecule has 4 heteroatoms. The number of aliphatic hydroxyl groups excluding tert-OH is 1. The van der Waals surface area contributed by atoms with Crippen LogP contribution in [0, 0.1) is 0 Å². The maximum Gasteiger partial charge on any atom is 0.0948 e.